The molecule has 1 aromatic carbocycles. The van der Waals surface area contributed by atoms with Gasteiger partial charge in [-0.25, -0.2) is 0 Å². The molecular weight excluding hydrogens is 242 g/mol. The number of piperidine rings is 1. The topological polar surface area (TPSA) is 47.6 Å². The molecule has 1 saturated heterocycles. The van der Waals surface area contributed by atoms with Gasteiger partial charge >= 0.3 is 0 Å². The van der Waals surface area contributed by atoms with Crippen molar-refractivity contribution in [2.75, 3.05) is 33.4 Å². The van der Waals surface area contributed by atoms with Crippen molar-refractivity contribution < 1.29 is 14.3 Å². The van der Waals surface area contributed by atoms with E-state index in [4.69, 9.17) is 9.47 Å². The fourth-order valence-corrected chi connectivity index (χ4v) is 2.28. The zero-order valence-corrected chi connectivity index (χ0v) is 11.4. The summed E-state index contributed by atoms with van der Waals surface area (Å²) in [6, 6.07) is 7.41. The van der Waals surface area contributed by atoms with Gasteiger partial charge in [0, 0.05) is 18.6 Å². The first-order chi connectivity index (χ1) is 9.31. The summed E-state index contributed by atoms with van der Waals surface area (Å²) in [6.45, 7) is 2.97. The Balaban J connectivity index is 1.91. The number of nitrogens with one attached hydrogen (secondary N) is 1. The van der Waals surface area contributed by atoms with Crippen LogP contribution in [0.1, 0.15) is 23.2 Å². The van der Waals surface area contributed by atoms with Crippen LogP contribution in [-0.2, 0) is 4.74 Å². The van der Waals surface area contributed by atoms with E-state index >= 15 is 0 Å². The molecule has 0 radical (unpaired) electrons. The second-order valence-corrected chi connectivity index (χ2v) is 4.75. The van der Waals surface area contributed by atoms with Gasteiger partial charge in [-0.1, -0.05) is 0 Å². The Bertz CT molecular complexity index is 396. The van der Waals surface area contributed by atoms with E-state index in [-0.39, 0.29) is 11.7 Å². The quantitative estimate of drug-likeness (QED) is 0.629. The number of hydrogen-bond acceptors (Lipinski definition) is 4. The van der Waals surface area contributed by atoms with Crippen LogP contribution >= 0.6 is 0 Å². The van der Waals surface area contributed by atoms with Gasteiger partial charge in [0.15, 0.2) is 5.78 Å². The Kier molecular flexibility index (Phi) is 5.36. The van der Waals surface area contributed by atoms with Crippen LogP contribution in [0.25, 0.3) is 0 Å². The minimum atomic E-state index is 0.168. The molecule has 0 aromatic heterocycles. The number of methoxy groups -OCH3 is 1. The number of Topliss-reactive ketones (excluding diaryl/α,β-unsaturated/α-hetero) is 1. The summed E-state index contributed by atoms with van der Waals surface area (Å²) in [7, 11) is 1.64. The lowest BCUT2D eigenvalue weighted by Crippen LogP contribution is -2.31. The molecule has 0 unspecified atom stereocenters. The minimum Gasteiger partial charge on any atom is -0.491 e. The van der Waals surface area contributed by atoms with Crippen LogP contribution in [0.15, 0.2) is 24.3 Å². The van der Waals surface area contributed by atoms with Crippen LogP contribution in [0.5, 0.6) is 5.75 Å². The van der Waals surface area contributed by atoms with Crippen LogP contribution in [0, 0.1) is 5.92 Å². The standard InChI is InChI=1S/C15H21NO3/c1-18-10-11-19-14-4-2-12(3-5-14)15(17)13-6-8-16-9-7-13/h2-5,13,16H,6-11H2,1H3. The van der Waals surface area contributed by atoms with Crippen molar-refractivity contribution in [1.29, 1.82) is 0 Å². The summed E-state index contributed by atoms with van der Waals surface area (Å²) in [5, 5.41) is 3.27. The van der Waals surface area contributed by atoms with Gasteiger partial charge in [-0.2, -0.15) is 0 Å². The van der Waals surface area contributed by atoms with E-state index in [1.807, 2.05) is 24.3 Å². The molecule has 0 amide bonds. The number of rotatable bonds is 6. The van der Waals surface area contributed by atoms with Crippen LogP contribution < -0.4 is 10.1 Å². The number of carbonyl (C=O) groups is 1. The van der Waals surface area contributed by atoms with E-state index < -0.39 is 0 Å². The predicted octanol–water partition coefficient (Wildman–Crippen LogP) is 1.89. The van der Waals surface area contributed by atoms with E-state index in [9.17, 15) is 4.79 Å². The molecule has 19 heavy (non-hydrogen) atoms. The number of ketones is 1. The highest BCUT2D eigenvalue weighted by atomic mass is 16.5. The van der Waals surface area contributed by atoms with Crippen molar-refractivity contribution in [1.82, 2.24) is 5.32 Å². The molecule has 1 fully saturated rings. The molecule has 0 aliphatic carbocycles. The lowest BCUT2D eigenvalue weighted by Gasteiger charge is -2.21. The fraction of sp³-hybridized carbons (Fsp3) is 0.533. The maximum Gasteiger partial charge on any atom is 0.166 e. The summed E-state index contributed by atoms with van der Waals surface area (Å²) in [5.74, 6) is 1.20. The second-order valence-electron chi connectivity index (χ2n) is 4.75. The third-order valence-corrected chi connectivity index (χ3v) is 3.40. The Morgan fingerprint density at radius 3 is 2.53 bits per heavy atom. The third kappa shape index (κ3) is 4.04. The van der Waals surface area contributed by atoms with Crippen molar-refractivity contribution in [3.05, 3.63) is 29.8 Å². The zero-order valence-electron chi connectivity index (χ0n) is 11.4. The second kappa shape index (κ2) is 7.26. The molecule has 1 aliphatic heterocycles. The minimum absolute atomic E-state index is 0.168. The van der Waals surface area contributed by atoms with Crippen LogP contribution in [-0.4, -0.2) is 39.2 Å². The number of benzene rings is 1. The van der Waals surface area contributed by atoms with E-state index in [1.165, 1.54) is 0 Å². The monoisotopic (exact) mass is 263 g/mol. The zero-order chi connectivity index (χ0) is 13.5. The number of ether oxygens (including phenoxy) is 2. The number of hydrogen-bond donors (Lipinski definition) is 1. The molecule has 4 heteroatoms. The fourth-order valence-electron chi connectivity index (χ4n) is 2.28. The van der Waals surface area contributed by atoms with Crippen molar-refractivity contribution in [2.24, 2.45) is 5.92 Å². The summed E-state index contributed by atoms with van der Waals surface area (Å²) in [6.07, 6.45) is 1.87. The summed E-state index contributed by atoms with van der Waals surface area (Å²) >= 11 is 0. The molecule has 1 aliphatic rings. The predicted molar refractivity (Wildman–Crippen MR) is 73.7 cm³/mol. The highest BCUT2D eigenvalue weighted by Gasteiger charge is 2.21. The number of carbonyl (C=O) groups excluding carboxylic acids is 1. The van der Waals surface area contributed by atoms with Crippen LogP contribution in [0.4, 0.5) is 0 Å². The van der Waals surface area contributed by atoms with Gasteiger partial charge in [0.2, 0.25) is 0 Å². The highest BCUT2D eigenvalue weighted by Crippen LogP contribution is 2.20. The lowest BCUT2D eigenvalue weighted by molar-refractivity contribution is 0.0895. The summed E-state index contributed by atoms with van der Waals surface area (Å²) < 4.78 is 10.4. The van der Waals surface area contributed by atoms with Gasteiger partial charge in [-0.05, 0) is 50.2 Å². The Hall–Kier alpha value is -1.39. The summed E-state index contributed by atoms with van der Waals surface area (Å²) in [5.41, 5.74) is 0.783. The molecule has 0 saturated carbocycles. The Labute approximate surface area is 114 Å². The molecule has 1 aromatic rings. The third-order valence-electron chi connectivity index (χ3n) is 3.40. The average molecular weight is 263 g/mol. The van der Waals surface area contributed by atoms with Crippen LogP contribution in [0.2, 0.25) is 0 Å². The van der Waals surface area contributed by atoms with Gasteiger partial charge in [0.1, 0.15) is 12.4 Å². The molecular formula is C15H21NO3. The smallest absolute Gasteiger partial charge is 0.166 e. The van der Waals surface area contributed by atoms with Crippen molar-refractivity contribution in [2.45, 2.75) is 12.8 Å². The van der Waals surface area contributed by atoms with Crippen molar-refractivity contribution >= 4 is 5.78 Å². The molecule has 0 atom stereocenters. The van der Waals surface area contributed by atoms with Gasteiger partial charge in [0.05, 0.1) is 6.61 Å². The average Bonchev–Trinajstić information content (AvgIpc) is 2.48. The SMILES string of the molecule is COCCOc1ccc(C(=O)C2CCNCC2)cc1. The van der Waals surface area contributed by atoms with E-state index in [2.05, 4.69) is 5.32 Å². The largest absolute Gasteiger partial charge is 0.491 e. The maximum atomic E-state index is 12.3. The molecule has 4 nitrogen and oxygen atoms in total. The van der Waals surface area contributed by atoms with Crippen molar-refractivity contribution in [3.8, 4) is 5.75 Å². The summed E-state index contributed by atoms with van der Waals surface area (Å²) in [4.78, 5) is 12.3. The van der Waals surface area contributed by atoms with E-state index in [0.717, 1.165) is 37.2 Å². The maximum absolute atomic E-state index is 12.3. The van der Waals surface area contributed by atoms with Gasteiger partial charge in [0.25, 0.3) is 0 Å². The molecule has 1 heterocycles. The van der Waals surface area contributed by atoms with Gasteiger partial charge < -0.3 is 14.8 Å². The molecule has 1 N–H and O–H groups in total. The molecule has 2 rings (SSSR count). The van der Waals surface area contributed by atoms with Crippen LogP contribution in [0.3, 0.4) is 0 Å². The highest BCUT2D eigenvalue weighted by molar-refractivity contribution is 5.98. The molecule has 0 spiro atoms. The van der Waals surface area contributed by atoms with Crippen molar-refractivity contribution in [3.63, 3.8) is 0 Å². The first-order valence-corrected chi connectivity index (χ1v) is 6.78. The van der Waals surface area contributed by atoms with Gasteiger partial charge in [-0.15, -0.1) is 0 Å². The van der Waals surface area contributed by atoms with E-state index in [0.29, 0.717) is 13.2 Å². The first-order valence-electron chi connectivity index (χ1n) is 6.78. The molecule has 0 bridgehead atoms. The Morgan fingerprint density at radius 1 is 1.21 bits per heavy atom. The lowest BCUT2D eigenvalue weighted by atomic mass is 9.90. The Morgan fingerprint density at radius 2 is 1.89 bits per heavy atom. The van der Waals surface area contributed by atoms with Gasteiger partial charge in [-0.3, -0.25) is 4.79 Å². The molecule has 104 valence electrons. The normalized spacial score (nSPS) is 16.3. The first kappa shape index (κ1) is 14.0. The van der Waals surface area contributed by atoms with E-state index in [1.54, 1.807) is 7.11 Å².